The molecule has 1 N–H and O–H groups in total. The SMILES string of the molecule is CCCN(CC1CC1)S(=O)(=O)Cc1ccc(CO)cc1. The monoisotopic (exact) mass is 297 g/mol. The molecular formula is C15H23NO3S. The lowest BCUT2D eigenvalue weighted by Gasteiger charge is -2.21. The van der Waals surface area contributed by atoms with E-state index in [4.69, 9.17) is 5.11 Å². The smallest absolute Gasteiger partial charge is 0.218 e. The van der Waals surface area contributed by atoms with Gasteiger partial charge in [-0.05, 0) is 36.3 Å². The van der Waals surface area contributed by atoms with Crippen LogP contribution < -0.4 is 0 Å². The number of hydrogen-bond acceptors (Lipinski definition) is 3. The highest BCUT2D eigenvalue weighted by Crippen LogP contribution is 2.31. The van der Waals surface area contributed by atoms with Crippen LogP contribution in [0.3, 0.4) is 0 Å². The highest BCUT2D eigenvalue weighted by molar-refractivity contribution is 7.88. The van der Waals surface area contributed by atoms with Gasteiger partial charge in [0.2, 0.25) is 10.0 Å². The van der Waals surface area contributed by atoms with Crippen molar-refractivity contribution < 1.29 is 13.5 Å². The Bertz CT molecular complexity index is 521. The van der Waals surface area contributed by atoms with Crippen LogP contribution in [-0.4, -0.2) is 30.9 Å². The first-order valence-electron chi connectivity index (χ1n) is 7.21. The zero-order chi connectivity index (χ0) is 14.6. The van der Waals surface area contributed by atoms with Gasteiger partial charge in [-0.2, -0.15) is 0 Å². The van der Waals surface area contributed by atoms with Crippen molar-refractivity contribution in [2.75, 3.05) is 13.1 Å². The summed E-state index contributed by atoms with van der Waals surface area (Å²) in [7, 11) is -3.24. The fourth-order valence-corrected chi connectivity index (χ4v) is 3.92. The van der Waals surface area contributed by atoms with Crippen molar-refractivity contribution in [1.82, 2.24) is 4.31 Å². The summed E-state index contributed by atoms with van der Waals surface area (Å²) < 4.78 is 26.6. The van der Waals surface area contributed by atoms with E-state index in [2.05, 4.69) is 0 Å². The summed E-state index contributed by atoms with van der Waals surface area (Å²) >= 11 is 0. The molecule has 1 aromatic carbocycles. The second-order valence-corrected chi connectivity index (χ2v) is 7.50. The summed E-state index contributed by atoms with van der Waals surface area (Å²) in [5.74, 6) is 0.610. The van der Waals surface area contributed by atoms with Gasteiger partial charge in [0.05, 0.1) is 12.4 Å². The molecule has 0 amide bonds. The third kappa shape index (κ3) is 4.30. The van der Waals surface area contributed by atoms with Crippen molar-refractivity contribution in [1.29, 1.82) is 0 Å². The van der Waals surface area contributed by atoms with E-state index in [9.17, 15) is 8.42 Å². The van der Waals surface area contributed by atoms with E-state index in [0.717, 1.165) is 30.4 Å². The summed E-state index contributed by atoms with van der Waals surface area (Å²) in [5, 5.41) is 9.00. The predicted molar refractivity (Wildman–Crippen MR) is 79.6 cm³/mol. The molecule has 112 valence electrons. The summed E-state index contributed by atoms with van der Waals surface area (Å²) in [6, 6.07) is 7.11. The van der Waals surface area contributed by atoms with E-state index in [1.54, 1.807) is 28.6 Å². The Hall–Kier alpha value is -0.910. The molecule has 20 heavy (non-hydrogen) atoms. The van der Waals surface area contributed by atoms with Gasteiger partial charge in [0.15, 0.2) is 0 Å². The van der Waals surface area contributed by atoms with Gasteiger partial charge >= 0.3 is 0 Å². The number of aliphatic hydroxyl groups excluding tert-OH is 1. The molecule has 4 nitrogen and oxygen atoms in total. The molecule has 1 aliphatic rings. The Labute approximate surface area is 121 Å². The van der Waals surface area contributed by atoms with Gasteiger partial charge < -0.3 is 5.11 Å². The van der Waals surface area contributed by atoms with Gasteiger partial charge in [-0.1, -0.05) is 31.2 Å². The van der Waals surface area contributed by atoms with Crippen LogP contribution in [-0.2, 0) is 22.4 Å². The van der Waals surface area contributed by atoms with Crippen molar-refractivity contribution >= 4 is 10.0 Å². The lowest BCUT2D eigenvalue weighted by Crippen LogP contribution is -2.34. The van der Waals surface area contributed by atoms with Gasteiger partial charge in [0, 0.05) is 13.1 Å². The van der Waals surface area contributed by atoms with Gasteiger partial charge in [-0.3, -0.25) is 0 Å². The maximum atomic E-state index is 12.5. The van der Waals surface area contributed by atoms with Crippen LogP contribution in [0.4, 0.5) is 0 Å². The van der Waals surface area contributed by atoms with Crippen molar-refractivity contribution in [2.45, 2.75) is 38.5 Å². The van der Waals surface area contributed by atoms with E-state index in [1.807, 2.05) is 6.92 Å². The van der Waals surface area contributed by atoms with E-state index < -0.39 is 10.0 Å². The minimum absolute atomic E-state index is 0.0172. The summed E-state index contributed by atoms with van der Waals surface area (Å²) in [6.07, 6.45) is 3.15. The van der Waals surface area contributed by atoms with Crippen molar-refractivity contribution in [3.05, 3.63) is 35.4 Å². The third-order valence-electron chi connectivity index (χ3n) is 3.58. The van der Waals surface area contributed by atoms with Crippen LogP contribution in [0.1, 0.15) is 37.3 Å². The quantitative estimate of drug-likeness (QED) is 0.799. The standard InChI is InChI=1S/C15H23NO3S/c1-2-9-16(10-13-3-4-13)20(18,19)12-15-7-5-14(11-17)6-8-15/h5-8,13,17H,2-4,9-12H2,1H3. The summed E-state index contributed by atoms with van der Waals surface area (Å²) in [5.41, 5.74) is 1.58. The van der Waals surface area contributed by atoms with Crippen LogP contribution >= 0.6 is 0 Å². The maximum Gasteiger partial charge on any atom is 0.218 e. The molecule has 0 radical (unpaired) electrons. The molecule has 0 spiro atoms. The van der Waals surface area contributed by atoms with Crippen molar-refractivity contribution in [2.24, 2.45) is 5.92 Å². The van der Waals surface area contributed by atoms with Crippen LogP contribution in [0.15, 0.2) is 24.3 Å². The average Bonchev–Trinajstić information content (AvgIpc) is 3.23. The fourth-order valence-electron chi connectivity index (χ4n) is 2.22. The normalized spacial score (nSPS) is 15.8. The first-order chi connectivity index (χ1) is 9.55. The topological polar surface area (TPSA) is 57.6 Å². The average molecular weight is 297 g/mol. The van der Waals surface area contributed by atoms with Crippen LogP contribution in [0.5, 0.6) is 0 Å². The fraction of sp³-hybridized carbons (Fsp3) is 0.600. The number of aliphatic hydroxyl groups is 1. The first kappa shape index (κ1) is 15.5. The molecule has 1 aromatic rings. The highest BCUT2D eigenvalue weighted by Gasteiger charge is 2.30. The Balaban J connectivity index is 2.06. The molecule has 0 aromatic heterocycles. The highest BCUT2D eigenvalue weighted by atomic mass is 32.2. The van der Waals surface area contributed by atoms with E-state index in [1.165, 1.54) is 0 Å². The summed E-state index contributed by atoms with van der Waals surface area (Å²) in [6.45, 7) is 3.26. The van der Waals surface area contributed by atoms with E-state index in [-0.39, 0.29) is 12.4 Å². The van der Waals surface area contributed by atoms with E-state index in [0.29, 0.717) is 19.0 Å². The molecule has 1 aliphatic carbocycles. The lowest BCUT2D eigenvalue weighted by atomic mass is 10.2. The van der Waals surface area contributed by atoms with Gasteiger partial charge in [-0.25, -0.2) is 12.7 Å². The second kappa shape index (κ2) is 6.70. The Morgan fingerprint density at radius 3 is 2.30 bits per heavy atom. The molecule has 1 fully saturated rings. The molecule has 0 aliphatic heterocycles. The first-order valence-corrected chi connectivity index (χ1v) is 8.82. The maximum absolute atomic E-state index is 12.5. The number of rotatable bonds is 8. The largest absolute Gasteiger partial charge is 0.392 e. The number of benzene rings is 1. The third-order valence-corrected chi connectivity index (χ3v) is 5.40. The second-order valence-electron chi connectivity index (χ2n) is 5.53. The Morgan fingerprint density at radius 1 is 1.20 bits per heavy atom. The molecule has 2 rings (SSSR count). The molecule has 0 heterocycles. The lowest BCUT2D eigenvalue weighted by molar-refractivity contribution is 0.282. The molecule has 0 bridgehead atoms. The predicted octanol–water partition coefficient (Wildman–Crippen LogP) is 2.13. The molecule has 0 atom stereocenters. The number of sulfonamides is 1. The summed E-state index contributed by atoms with van der Waals surface area (Å²) in [4.78, 5) is 0. The zero-order valence-corrected chi connectivity index (χ0v) is 12.8. The number of nitrogens with zero attached hydrogens (tertiary/aromatic N) is 1. The van der Waals surface area contributed by atoms with E-state index >= 15 is 0 Å². The minimum Gasteiger partial charge on any atom is -0.392 e. The molecule has 1 saturated carbocycles. The van der Waals surface area contributed by atoms with Crippen LogP contribution in [0, 0.1) is 5.92 Å². The van der Waals surface area contributed by atoms with Crippen molar-refractivity contribution in [3.8, 4) is 0 Å². The molecular weight excluding hydrogens is 274 g/mol. The zero-order valence-electron chi connectivity index (χ0n) is 12.0. The van der Waals surface area contributed by atoms with Gasteiger partial charge in [0.1, 0.15) is 0 Å². The van der Waals surface area contributed by atoms with Gasteiger partial charge in [-0.15, -0.1) is 0 Å². The molecule has 5 heteroatoms. The Morgan fingerprint density at radius 2 is 1.80 bits per heavy atom. The van der Waals surface area contributed by atoms with Crippen LogP contribution in [0.25, 0.3) is 0 Å². The molecule has 0 saturated heterocycles. The molecule has 0 unspecified atom stereocenters. The van der Waals surface area contributed by atoms with Crippen LogP contribution in [0.2, 0.25) is 0 Å². The minimum atomic E-state index is -3.24. The number of hydrogen-bond donors (Lipinski definition) is 1. The van der Waals surface area contributed by atoms with Gasteiger partial charge in [0.25, 0.3) is 0 Å². The van der Waals surface area contributed by atoms with Crippen molar-refractivity contribution in [3.63, 3.8) is 0 Å². The Kier molecular flexibility index (Phi) is 5.18.